The number of hydrogen-bond acceptors (Lipinski definition) is 5. The normalized spacial score (nSPS) is 14.1. The number of nitrogens with one attached hydrogen (secondary N) is 2. The van der Waals surface area contributed by atoms with E-state index in [0.717, 1.165) is 10.5 Å². The number of rotatable bonds is 8. The van der Waals surface area contributed by atoms with E-state index in [-0.39, 0.29) is 5.70 Å². The maximum atomic E-state index is 12.7. The van der Waals surface area contributed by atoms with Crippen LogP contribution >= 0.6 is 0 Å². The van der Waals surface area contributed by atoms with Crippen LogP contribution in [0, 0.1) is 6.92 Å². The lowest BCUT2D eigenvalue weighted by Gasteiger charge is -2.13. The van der Waals surface area contributed by atoms with E-state index in [1.165, 1.54) is 12.7 Å². The molecule has 2 N–H and O–H groups in total. The first kappa shape index (κ1) is 23.6. The second-order valence-electron chi connectivity index (χ2n) is 7.97. The highest BCUT2D eigenvalue weighted by Gasteiger charge is 2.35. The van der Waals surface area contributed by atoms with Gasteiger partial charge in [0.15, 0.2) is 0 Å². The van der Waals surface area contributed by atoms with Crippen molar-refractivity contribution in [2.75, 3.05) is 19.0 Å². The van der Waals surface area contributed by atoms with Crippen LogP contribution in [0.3, 0.4) is 0 Å². The monoisotopic (exact) mass is 471 g/mol. The van der Waals surface area contributed by atoms with E-state index >= 15 is 0 Å². The van der Waals surface area contributed by atoms with E-state index < -0.39 is 24.4 Å². The second kappa shape index (κ2) is 10.6. The summed E-state index contributed by atoms with van der Waals surface area (Å²) in [6.07, 6.45) is 1.56. The number of anilines is 1. The minimum atomic E-state index is -0.658. The lowest BCUT2D eigenvalue weighted by atomic mass is 10.1. The number of benzene rings is 3. The van der Waals surface area contributed by atoms with Gasteiger partial charge in [-0.1, -0.05) is 54.1 Å². The summed E-state index contributed by atoms with van der Waals surface area (Å²) in [6, 6.07) is 21.5. The van der Waals surface area contributed by atoms with Crippen molar-refractivity contribution >= 4 is 29.6 Å². The molecule has 0 spiro atoms. The Labute approximate surface area is 203 Å². The third-order valence-corrected chi connectivity index (χ3v) is 5.32. The quantitative estimate of drug-likeness (QED) is 0.381. The fourth-order valence-corrected chi connectivity index (χ4v) is 3.59. The molecule has 4 rings (SSSR count). The van der Waals surface area contributed by atoms with Gasteiger partial charge in [0.1, 0.15) is 30.3 Å². The van der Waals surface area contributed by atoms with Gasteiger partial charge < -0.3 is 20.1 Å². The average Bonchev–Trinajstić information content (AvgIpc) is 3.11. The first-order valence-corrected chi connectivity index (χ1v) is 11.0. The van der Waals surface area contributed by atoms with Gasteiger partial charge in [-0.15, -0.1) is 0 Å². The van der Waals surface area contributed by atoms with E-state index in [1.54, 1.807) is 54.6 Å². The van der Waals surface area contributed by atoms with E-state index in [2.05, 4.69) is 16.7 Å². The van der Waals surface area contributed by atoms with Crippen LogP contribution < -0.4 is 20.1 Å². The zero-order valence-electron chi connectivity index (χ0n) is 19.4. The average molecular weight is 472 g/mol. The molecule has 0 aromatic heterocycles. The van der Waals surface area contributed by atoms with Gasteiger partial charge >= 0.3 is 6.03 Å². The summed E-state index contributed by atoms with van der Waals surface area (Å²) in [7, 11) is 1.49. The summed E-state index contributed by atoms with van der Waals surface area (Å²) in [5.41, 5.74) is 3.49. The van der Waals surface area contributed by atoms with Gasteiger partial charge in [0, 0.05) is 0 Å². The number of carbonyl (C=O) groups is 3. The van der Waals surface area contributed by atoms with Crippen LogP contribution in [-0.4, -0.2) is 36.4 Å². The standard InChI is InChI=1S/C27H25N3O5/c1-18-6-5-7-20(14-18)17-35-21-12-10-19(11-13-21)15-23-26(32)30(27(33)29-23)16-25(31)28-22-8-3-4-9-24(22)34-2/h3-15H,16-17H2,1-2H3,(H,28,31)(H,29,33)/b23-15+. The van der Waals surface area contributed by atoms with Crippen LogP contribution in [0.5, 0.6) is 11.5 Å². The molecule has 35 heavy (non-hydrogen) atoms. The summed E-state index contributed by atoms with van der Waals surface area (Å²) >= 11 is 0. The Morgan fingerprint density at radius 2 is 1.80 bits per heavy atom. The van der Waals surface area contributed by atoms with E-state index in [0.29, 0.717) is 29.4 Å². The minimum absolute atomic E-state index is 0.0912. The van der Waals surface area contributed by atoms with Crippen molar-refractivity contribution in [2.24, 2.45) is 0 Å². The number of amides is 4. The Morgan fingerprint density at radius 1 is 1.03 bits per heavy atom. The lowest BCUT2D eigenvalue weighted by Crippen LogP contribution is -2.38. The molecule has 8 heteroatoms. The molecule has 3 aromatic carbocycles. The zero-order valence-corrected chi connectivity index (χ0v) is 19.4. The van der Waals surface area contributed by atoms with Gasteiger partial charge in [-0.25, -0.2) is 9.69 Å². The first-order chi connectivity index (χ1) is 16.9. The van der Waals surface area contributed by atoms with Crippen LogP contribution in [0.15, 0.2) is 78.5 Å². The Hall–Kier alpha value is -4.59. The van der Waals surface area contributed by atoms with Crippen LogP contribution in [0.25, 0.3) is 6.08 Å². The number of methoxy groups -OCH3 is 1. The Bertz CT molecular complexity index is 1280. The smallest absolute Gasteiger partial charge is 0.329 e. The molecule has 1 heterocycles. The minimum Gasteiger partial charge on any atom is -0.495 e. The van der Waals surface area contributed by atoms with E-state index in [4.69, 9.17) is 9.47 Å². The topological polar surface area (TPSA) is 97.0 Å². The molecule has 0 radical (unpaired) electrons. The van der Waals surface area contributed by atoms with Gasteiger partial charge in [0.2, 0.25) is 5.91 Å². The second-order valence-corrected chi connectivity index (χ2v) is 7.97. The third-order valence-electron chi connectivity index (χ3n) is 5.32. The molecule has 1 fully saturated rings. The molecule has 0 unspecified atom stereocenters. The number of ether oxygens (including phenoxy) is 2. The molecule has 0 aliphatic carbocycles. The number of aryl methyl sites for hydroxylation is 1. The molecule has 1 aliphatic rings. The number of hydrogen-bond donors (Lipinski definition) is 2. The number of urea groups is 1. The van der Waals surface area contributed by atoms with Crippen molar-refractivity contribution < 1.29 is 23.9 Å². The van der Waals surface area contributed by atoms with Crippen molar-refractivity contribution in [1.29, 1.82) is 0 Å². The van der Waals surface area contributed by atoms with Crippen LogP contribution in [0.4, 0.5) is 10.5 Å². The SMILES string of the molecule is COc1ccccc1NC(=O)CN1C(=O)N/C(=C/c2ccc(OCc3cccc(C)c3)cc2)C1=O. The molecule has 178 valence electrons. The number of para-hydroxylation sites is 2. The predicted molar refractivity (Wildman–Crippen MR) is 132 cm³/mol. The molecule has 4 amide bonds. The Balaban J connectivity index is 1.36. The maximum absolute atomic E-state index is 12.7. The van der Waals surface area contributed by atoms with Crippen LogP contribution in [-0.2, 0) is 16.2 Å². The number of nitrogens with zero attached hydrogens (tertiary/aromatic N) is 1. The fourth-order valence-electron chi connectivity index (χ4n) is 3.59. The highest BCUT2D eigenvalue weighted by Crippen LogP contribution is 2.23. The van der Waals surface area contributed by atoms with Crippen molar-refractivity contribution in [3.63, 3.8) is 0 Å². The predicted octanol–water partition coefficient (Wildman–Crippen LogP) is 4.11. The summed E-state index contributed by atoms with van der Waals surface area (Å²) in [4.78, 5) is 38.3. The van der Waals surface area contributed by atoms with Gasteiger partial charge in [-0.3, -0.25) is 9.59 Å². The third kappa shape index (κ3) is 5.86. The van der Waals surface area contributed by atoms with Crippen molar-refractivity contribution in [3.05, 3.63) is 95.2 Å². The molecule has 1 aliphatic heterocycles. The van der Waals surface area contributed by atoms with E-state index in [1.807, 2.05) is 25.1 Å². The number of carbonyl (C=O) groups excluding carboxylic acids is 3. The summed E-state index contributed by atoms with van der Waals surface area (Å²) in [5, 5.41) is 5.18. The van der Waals surface area contributed by atoms with E-state index in [9.17, 15) is 14.4 Å². The first-order valence-electron chi connectivity index (χ1n) is 11.0. The van der Waals surface area contributed by atoms with Gasteiger partial charge in [0.05, 0.1) is 12.8 Å². The highest BCUT2D eigenvalue weighted by molar-refractivity contribution is 6.16. The van der Waals surface area contributed by atoms with Crippen molar-refractivity contribution in [2.45, 2.75) is 13.5 Å². The molecule has 3 aromatic rings. The Kier molecular flexibility index (Phi) is 7.11. The molecule has 0 atom stereocenters. The van der Waals surface area contributed by atoms with Gasteiger partial charge in [-0.2, -0.15) is 0 Å². The fraction of sp³-hybridized carbons (Fsp3) is 0.148. The van der Waals surface area contributed by atoms with Crippen LogP contribution in [0.1, 0.15) is 16.7 Å². The molecule has 0 saturated carbocycles. The summed E-state index contributed by atoms with van der Waals surface area (Å²) < 4.78 is 11.0. The molecule has 1 saturated heterocycles. The van der Waals surface area contributed by atoms with Crippen molar-refractivity contribution in [1.82, 2.24) is 10.2 Å². The number of imide groups is 1. The van der Waals surface area contributed by atoms with Crippen LogP contribution in [0.2, 0.25) is 0 Å². The zero-order chi connectivity index (χ0) is 24.8. The lowest BCUT2D eigenvalue weighted by molar-refractivity contribution is -0.127. The van der Waals surface area contributed by atoms with Gasteiger partial charge in [-0.05, 0) is 48.4 Å². The van der Waals surface area contributed by atoms with Gasteiger partial charge in [0.25, 0.3) is 5.91 Å². The van der Waals surface area contributed by atoms with Crippen molar-refractivity contribution in [3.8, 4) is 11.5 Å². The maximum Gasteiger partial charge on any atom is 0.329 e. The molecule has 0 bridgehead atoms. The largest absolute Gasteiger partial charge is 0.495 e. The molecular weight excluding hydrogens is 446 g/mol. The highest BCUT2D eigenvalue weighted by atomic mass is 16.5. The molecular formula is C27H25N3O5. The summed E-state index contributed by atoms with van der Waals surface area (Å²) in [6.45, 7) is 2.05. The Morgan fingerprint density at radius 3 is 2.54 bits per heavy atom. The molecule has 8 nitrogen and oxygen atoms in total. The summed E-state index contributed by atoms with van der Waals surface area (Å²) in [5.74, 6) is 0.0642.